The maximum atomic E-state index is 12.8. The van der Waals surface area contributed by atoms with Gasteiger partial charge in [-0.2, -0.15) is 5.10 Å². The number of halogens is 1. The van der Waals surface area contributed by atoms with Crippen molar-refractivity contribution in [3.8, 4) is 5.75 Å². The lowest BCUT2D eigenvalue weighted by atomic mass is 10.0. The van der Waals surface area contributed by atoms with Gasteiger partial charge in [0, 0.05) is 23.1 Å². The Hall–Kier alpha value is -2.51. The van der Waals surface area contributed by atoms with Gasteiger partial charge in [0.2, 0.25) is 0 Å². The topological polar surface area (TPSA) is 66.2 Å². The van der Waals surface area contributed by atoms with E-state index in [1.807, 2.05) is 42.5 Å². The summed E-state index contributed by atoms with van der Waals surface area (Å²) in [6, 6.07) is 16.4. The minimum atomic E-state index is -0.442. The number of hydrogen-bond acceptors (Lipinski definition) is 5. The fraction of sp³-hybridized carbons (Fsp3) is 0.250. The van der Waals surface area contributed by atoms with Gasteiger partial charge in [0.05, 0.1) is 6.61 Å². The smallest absolute Gasteiger partial charge is 0.187 e. The molecule has 0 saturated carbocycles. The summed E-state index contributed by atoms with van der Waals surface area (Å²) in [6.07, 6.45) is 3.50. The molecule has 0 saturated heterocycles. The third kappa shape index (κ3) is 5.74. The summed E-state index contributed by atoms with van der Waals surface area (Å²) in [5.74, 6) is 0.789. The highest BCUT2D eigenvalue weighted by atomic mass is 79.9. The molecule has 0 aliphatic carbocycles. The van der Waals surface area contributed by atoms with Crippen LogP contribution in [-0.4, -0.2) is 40.4 Å². The summed E-state index contributed by atoms with van der Waals surface area (Å²) in [6.45, 7) is 1.31. The van der Waals surface area contributed by atoms with Gasteiger partial charge in [-0.25, -0.2) is 9.67 Å². The van der Waals surface area contributed by atoms with Crippen molar-refractivity contribution in [2.24, 2.45) is 0 Å². The molecule has 1 atom stereocenters. The fourth-order valence-electron chi connectivity index (χ4n) is 2.60. The SMILES string of the molecule is O=C(c1ccccc1)C(CCOCCOc1ccc(Br)cc1)n1cncn1. The van der Waals surface area contributed by atoms with Crippen LogP contribution in [0.4, 0.5) is 0 Å². The lowest BCUT2D eigenvalue weighted by Crippen LogP contribution is -2.22. The zero-order chi connectivity index (χ0) is 18.9. The van der Waals surface area contributed by atoms with E-state index in [9.17, 15) is 4.79 Å². The van der Waals surface area contributed by atoms with E-state index in [4.69, 9.17) is 9.47 Å². The molecule has 0 spiro atoms. The Bertz CT molecular complexity index is 823. The van der Waals surface area contributed by atoms with Crippen molar-refractivity contribution in [3.63, 3.8) is 0 Å². The van der Waals surface area contributed by atoms with Gasteiger partial charge in [-0.1, -0.05) is 46.3 Å². The molecule has 0 N–H and O–H groups in total. The van der Waals surface area contributed by atoms with Crippen LogP contribution in [0.2, 0.25) is 0 Å². The summed E-state index contributed by atoms with van der Waals surface area (Å²) < 4.78 is 13.9. The molecule has 27 heavy (non-hydrogen) atoms. The minimum Gasteiger partial charge on any atom is -0.491 e. The molecule has 3 aromatic rings. The van der Waals surface area contributed by atoms with Gasteiger partial charge < -0.3 is 9.47 Å². The molecule has 1 heterocycles. The van der Waals surface area contributed by atoms with E-state index >= 15 is 0 Å². The predicted molar refractivity (Wildman–Crippen MR) is 105 cm³/mol. The number of ether oxygens (including phenoxy) is 2. The Morgan fingerprint density at radius 3 is 2.52 bits per heavy atom. The Kier molecular flexibility index (Phi) is 7.12. The van der Waals surface area contributed by atoms with Crippen molar-refractivity contribution >= 4 is 21.7 Å². The van der Waals surface area contributed by atoms with Crippen LogP contribution in [0.25, 0.3) is 0 Å². The van der Waals surface area contributed by atoms with Crippen molar-refractivity contribution in [2.45, 2.75) is 12.5 Å². The van der Waals surface area contributed by atoms with Crippen LogP contribution in [0.3, 0.4) is 0 Å². The van der Waals surface area contributed by atoms with E-state index in [2.05, 4.69) is 26.0 Å². The molecular weight excluding hydrogens is 410 g/mol. The number of ketones is 1. The quantitative estimate of drug-likeness (QED) is 0.360. The van der Waals surface area contributed by atoms with Gasteiger partial charge in [-0.15, -0.1) is 0 Å². The first-order chi connectivity index (χ1) is 13.2. The van der Waals surface area contributed by atoms with Crippen LogP contribution >= 0.6 is 15.9 Å². The molecule has 1 unspecified atom stereocenters. The van der Waals surface area contributed by atoms with E-state index in [1.54, 1.807) is 23.1 Å². The molecule has 0 aliphatic rings. The fourth-order valence-corrected chi connectivity index (χ4v) is 2.87. The second-order valence-corrected chi connectivity index (χ2v) is 6.74. The van der Waals surface area contributed by atoms with Crippen molar-refractivity contribution in [1.29, 1.82) is 0 Å². The number of Topliss-reactive ketones (excluding diaryl/α,β-unsaturated/α-hetero) is 1. The molecule has 7 heteroatoms. The molecule has 0 amide bonds. The maximum absolute atomic E-state index is 12.8. The number of rotatable bonds is 10. The van der Waals surface area contributed by atoms with Gasteiger partial charge in [0.1, 0.15) is 31.1 Å². The van der Waals surface area contributed by atoms with Crippen molar-refractivity contribution in [2.75, 3.05) is 19.8 Å². The Morgan fingerprint density at radius 2 is 1.81 bits per heavy atom. The Labute approximate surface area is 166 Å². The summed E-state index contributed by atoms with van der Waals surface area (Å²) in [5, 5.41) is 4.13. The predicted octanol–water partition coefficient (Wildman–Crippen LogP) is 3.95. The Morgan fingerprint density at radius 1 is 1.04 bits per heavy atom. The minimum absolute atomic E-state index is 0.00388. The van der Waals surface area contributed by atoms with E-state index in [-0.39, 0.29) is 5.78 Å². The number of carbonyl (C=O) groups excluding carboxylic acids is 1. The first kappa shape index (κ1) is 19.3. The lowest BCUT2D eigenvalue weighted by molar-refractivity contribution is 0.0762. The van der Waals surface area contributed by atoms with E-state index in [0.29, 0.717) is 31.8 Å². The van der Waals surface area contributed by atoms with Gasteiger partial charge in [0.15, 0.2) is 5.78 Å². The second-order valence-electron chi connectivity index (χ2n) is 5.82. The summed E-state index contributed by atoms with van der Waals surface area (Å²) in [4.78, 5) is 16.8. The van der Waals surface area contributed by atoms with Gasteiger partial charge >= 0.3 is 0 Å². The van der Waals surface area contributed by atoms with Gasteiger partial charge in [-0.3, -0.25) is 4.79 Å². The highest BCUT2D eigenvalue weighted by Gasteiger charge is 2.22. The standard InChI is InChI=1S/C20H20BrN3O3/c21-17-6-8-18(9-7-17)27-13-12-26-11-10-19(24-15-22-14-23-24)20(25)16-4-2-1-3-5-16/h1-9,14-15,19H,10-13H2. The van der Waals surface area contributed by atoms with E-state index in [1.165, 1.54) is 6.33 Å². The third-order valence-electron chi connectivity index (χ3n) is 3.96. The average molecular weight is 430 g/mol. The first-order valence-corrected chi connectivity index (χ1v) is 9.43. The second kappa shape index (κ2) is 9.99. The number of carbonyl (C=O) groups is 1. The van der Waals surface area contributed by atoms with Crippen LogP contribution in [0.5, 0.6) is 5.75 Å². The van der Waals surface area contributed by atoms with Crippen LogP contribution in [0.15, 0.2) is 71.7 Å². The average Bonchev–Trinajstić information content (AvgIpc) is 3.23. The van der Waals surface area contributed by atoms with Crippen LogP contribution in [-0.2, 0) is 4.74 Å². The summed E-state index contributed by atoms with van der Waals surface area (Å²) in [7, 11) is 0. The van der Waals surface area contributed by atoms with Crippen LogP contribution in [0.1, 0.15) is 22.8 Å². The van der Waals surface area contributed by atoms with Crippen molar-refractivity contribution in [1.82, 2.24) is 14.8 Å². The normalized spacial score (nSPS) is 11.9. The van der Waals surface area contributed by atoms with Crippen LogP contribution in [0, 0.1) is 0 Å². The molecule has 0 aliphatic heterocycles. The molecule has 1 aromatic heterocycles. The van der Waals surface area contributed by atoms with Gasteiger partial charge in [-0.05, 0) is 24.3 Å². The zero-order valence-electron chi connectivity index (χ0n) is 14.7. The maximum Gasteiger partial charge on any atom is 0.187 e. The Balaban J connectivity index is 1.47. The zero-order valence-corrected chi connectivity index (χ0v) is 16.3. The number of aromatic nitrogens is 3. The van der Waals surface area contributed by atoms with Gasteiger partial charge in [0.25, 0.3) is 0 Å². The van der Waals surface area contributed by atoms with Crippen molar-refractivity contribution < 1.29 is 14.3 Å². The molecule has 0 bridgehead atoms. The molecular formula is C20H20BrN3O3. The third-order valence-corrected chi connectivity index (χ3v) is 4.49. The van der Waals surface area contributed by atoms with Crippen molar-refractivity contribution in [3.05, 3.63) is 77.3 Å². The number of hydrogen-bond donors (Lipinski definition) is 0. The highest BCUT2D eigenvalue weighted by molar-refractivity contribution is 9.10. The molecule has 2 aromatic carbocycles. The molecule has 0 radical (unpaired) electrons. The molecule has 0 fully saturated rings. The largest absolute Gasteiger partial charge is 0.491 e. The number of benzene rings is 2. The highest BCUT2D eigenvalue weighted by Crippen LogP contribution is 2.18. The monoisotopic (exact) mass is 429 g/mol. The molecule has 140 valence electrons. The summed E-state index contributed by atoms with van der Waals surface area (Å²) >= 11 is 3.39. The van der Waals surface area contributed by atoms with E-state index in [0.717, 1.165) is 10.2 Å². The lowest BCUT2D eigenvalue weighted by Gasteiger charge is -2.16. The molecule has 6 nitrogen and oxygen atoms in total. The molecule has 3 rings (SSSR count). The van der Waals surface area contributed by atoms with E-state index < -0.39 is 6.04 Å². The number of nitrogens with zero attached hydrogens (tertiary/aromatic N) is 3. The first-order valence-electron chi connectivity index (χ1n) is 8.63. The summed E-state index contributed by atoms with van der Waals surface area (Å²) in [5.41, 5.74) is 0.650. The van der Waals surface area contributed by atoms with Crippen LogP contribution < -0.4 is 4.74 Å².